The fourth-order valence-corrected chi connectivity index (χ4v) is 1.25. The summed E-state index contributed by atoms with van der Waals surface area (Å²) >= 11 is 3.12. The molecule has 4 heteroatoms. The highest BCUT2D eigenvalue weighted by atomic mass is 79.9. The second-order valence-corrected chi connectivity index (χ2v) is 3.37. The fourth-order valence-electron chi connectivity index (χ4n) is 1.11. The van der Waals surface area contributed by atoms with Crippen molar-refractivity contribution < 1.29 is 14.3 Å². The molecule has 0 amide bonds. The van der Waals surface area contributed by atoms with Gasteiger partial charge in [0.25, 0.3) is 0 Å². The predicted octanol–water partition coefficient (Wildman–Crippen LogP) is 2.20. The van der Waals surface area contributed by atoms with Crippen molar-refractivity contribution in [1.82, 2.24) is 0 Å². The summed E-state index contributed by atoms with van der Waals surface area (Å²) in [6.45, 7) is 0. The summed E-state index contributed by atoms with van der Waals surface area (Å²) in [5.41, 5.74) is 0.953. The zero-order valence-corrected chi connectivity index (χ0v) is 9.34. The highest BCUT2D eigenvalue weighted by molar-refractivity contribution is 9.09. The maximum absolute atomic E-state index is 12.9. The molecule has 78 valence electrons. The Bertz CT molecular complexity index is 432. The van der Waals surface area contributed by atoms with Crippen LogP contribution < -0.4 is 0 Å². The van der Waals surface area contributed by atoms with E-state index >= 15 is 0 Å². The zero-order valence-electron chi connectivity index (χ0n) is 7.76. The number of carboxylic acid groups (broad SMARTS) is 1. The molecule has 0 unspecified atom stereocenters. The van der Waals surface area contributed by atoms with Gasteiger partial charge in [0.2, 0.25) is 0 Å². The highest BCUT2D eigenvalue weighted by Gasteiger charge is 2.06. The Balaban J connectivity index is 3.08. The monoisotopic (exact) mass is 270 g/mol. The topological polar surface area (TPSA) is 37.3 Å². The summed E-state index contributed by atoms with van der Waals surface area (Å²) in [5.74, 6) is 4.05. The van der Waals surface area contributed by atoms with Gasteiger partial charge in [-0.1, -0.05) is 33.8 Å². The number of benzene rings is 1. The summed E-state index contributed by atoms with van der Waals surface area (Å²) in [6.07, 6.45) is -0.146. The molecule has 0 aromatic heterocycles. The Morgan fingerprint density at radius 1 is 1.53 bits per heavy atom. The second kappa shape index (κ2) is 5.52. The van der Waals surface area contributed by atoms with E-state index in [0.29, 0.717) is 16.5 Å². The lowest BCUT2D eigenvalue weighted by molar-refractivity contribution is -0.136. The molecule has 0 bridgehead atoms. The minimum Gasteiger partial charge on any atom is -0.481 e. The van der Waals surface area contributed by atoms with E-state index in [1.54, 1.807) is 0 Å². The molecule has 0 heterocycles. The van der Waals surface area contributed by atoms with Gasteiger partial charge in [0.1, 0.15) is 5.82 Å². The summed E-state index contributed by atoms with van der Waals surface area (Å²) in [5, 5.41) is 9.10. The van der Waals surface area contributed by atoms with Crippen molar-refractivity contribution in [2.75, 3.05) is 5.33 Å². The van der Waals surface area contributed by atoms with E-state index in [2.05, 4.69) is 27.8 Å². The van der Waals surface area contributed by atoms with E-state index < -0.39 is 11.8 Å². The minimum absolute atomic E-state index is 0.146. The van der Waals surface area contributed by atoms with Crippen LogP contribution in [-0.2, 0) is 11.2 Å². The van der Waals surface area contributed by atoms with Gasteiger partial charge >= 0.3 is 5.97 Å². The van der Waals surface area contributed by atoms with Crippen LogP contribution in [0.4, 0.5) is 4.39 Å². The third kappa shape index (κ3) is 3.72. The van der Waals surface area contributed by atoms with Gasteiger partial charge in [-0.15, -0.1) is 0 Å². The average Bonchev–Trinajstić information content (AvgIpc) is 2.18. The Hall–Kier alpha value is -1.34. The molecule has 0 aliphatic rings. The number of alkyl halides is 1. The number of hydrogen-bond donors (Lipinski definition) is 1. The average molecular weight is 271 g/mol. The van der Waals surface area contributed by atoms with Gasteiger partial charge in [0.05, 0.1) is 11.8 Å². The van der Waals surface area contributed by atoms with Gasteiger partial charge in [-0.25, -0.2) is 4.39 Å². The van der Waals surface area contributed by atoms with Crippen LogP contribution >= 0.6 is 15.9 Å². The molecule has 15 heavy (non-hydrogen) atoms. The molecule has 0 radical (unpaired) electrons. The zero-order chi connectivity index (χ0) is 11.3. The van der Waals surface area contributed by atoms with Gasteiger partial charge in [0, 0.05) is 5.56 Å². The van der Waals surface area contributed by atoms with E-state index in [1.807, 2.05) is 0 Å². The largest absolute Gasteiger partial charge is 0.481 e. The van der Waals surface area contributed by atoms with Crippen molar-refractivity contribution >= 4 is 21.9 Å². The first-order chi connectivity index (χ1) is 7.13. The Morgan fingerprint density at radius 3 is 2.87 bits per heavy atom. The van der Waals surface area contributed by atoms with Crippen LogP contribution in [0, 0.1) is 17.7 Å². The number of aliphatic carboxylic acids is 1. The molecule has 0 atom stereocenters. The summed E-state index contributed by atoms with van der Waals surface area (Å²) in [7, 11) is 0. The summed E-state index contributed by atoms with van der Waals surface area (Å²) in [4.78, 5) is 10.5. The fraction of sp³-hybridized carbons (Fsp3) is 0.182. The summed E-state index contributed by atoms with van der Waals surface area (Å²) in [6, 6.07) is 3.92. The molecule has 2 nitrogen and oxygen atoms in total. The normalized spacial score (nSPS) is 9.20. The van der Waals surface area contributed by atoms with E-state index in [4.69, 9.17) is 5.11 Å². The number of carbonyl (C=O) groups is 1. The number of halogens is 2. The smallest absolute Gasteiger partial charge is 0.307 e. The van der Waals surface area contributed by atoms with Gasteiger partial charge < -0.3 is 5.11 Å². The van der Waals surface area contributed by atoms with Crippen molar-refractivity contribution in [1.29, 1.82) is 0 Å². The molecular formula is C11H8BrFO2. The number of rotatable bonds is 2. The van der Waals surface area contributed by atoms with Gasteiger partial charge in [-0.05, 0) is 17.7 Å². The van der Waals surface area contributed by atoms with Crippen LogP contribution in [0.3, 0.4) is 0 Å². The van der Waals surface area contributed by atoms with Crippen molar-refractivity contribution in [3.05, 3.63) is 35.1 Å². The Morgan fingerprint density at radius 2 is 2.27 bits per heavy atom. The first kappa shape index (κ1) is 11.7. The van der Waals surface area contributed by atoms with Gasteiger partial charge in [-0.3, -0.25) is 4.79 Å². The minimum atomic E-state index is -0.955. The predicted molar refractivity (Wildman–Crippen MR) is 58.4 cm³/mol. The molecule has 1 aromatic carbocycles. The summed E-state index contributed by atoms with van der Waals surface area (Å²) < 4.78 is 12.9. The number of carboxylic acids is 1. The van der Waals surface area contributed by atoms with E-state index in [0.717, 1.165) is 0 Å². The van der Waals surface area contributed by atoms with E-state index in [9.17, 15) is 9.18 Å². The van der Waals surface area contributed by atoms with E-state index in [-0.39, 0.29) is 6.42 Å². The SMILES string of the molecule is O=C(O)Cc1ccc(F)cc1C#CCBr. The standard InChI is InChI=1S/C11H8BrFO2/c12-5-1-2-8-6-10(13)4-3-9(8)7-11(14)15/h3-4,6H,5,7H2,(H,14,15). The lowest BCUT2D eigenvalue weighted by Gasteiger charge is -2.01. The number of hydrogen-bond acceptors (Lipinski definition) is 1. The van der Waals surface area contributed by atoms with Crippen LogP contribution in [0.5, 0.6) is 0 Å². The lowest BCUT2D eigenvalue weighted by atomic mass is 10.0. The van der Waals surface area contributed by atoms with Crippen LogP contribution in [0.15, 0.2) is 18.2 Å². The third-order valence-corrected chi connectivity index (χ3v) is 1.98. The quantitative estimate of drug-likeness (QED) is 0.661. The van der Waals surface area contributed by atoms with Crippen LogP contribution in [0.25, 0.3) is 0 Å². The molecule has 0 saturated carbocycles. The van der Waals surface area contributed by atoms with Crippen LogP contribution in [-0.4, -0.2) is 16.4 Å². The molecule has 1 rings (SSSR count). The molecule has 1 N–H and O–H groups in total. The Kier molecular flexibility index (Phi) is 4.32. The first-order valence-corrected chi connectivity index (χ1v) is 5.30. The van der Waals surface area contributed by atoms with Crippen molar-refractivity contribution in [2.45, 2.75) is 6.42 Å². The van der Waals surface area contributed by atoms with Crippen LogP contribution in [0.1, 0.15) is 11.1 Å². The maximum Gasteiger partial charge on any atom is 0.307 e. The first-order valence-electron chi connectivity index (χ1n) is 4.18. The van der Waals surface area contributed by atoms with Crippen molar-refractivity contribution in [2.24, 2.45) is 0 Å². The van der Waals surface area contributed by atoms with Crippen molar-refractivity contribution in [3.63, 3.8) is 0 Å². The van der Waals surface area contributed by atoms with Gasteiger partial charge in [0.15, 0.2) is 0 Å². The molecule has 0 aliphatic carbocycles. The molecule has 1 aromatic rings. The van der Waals surface area contributed by atoms with E-state index in [1.165, 1.54) is 18.2 Å². The van der Waals surface area contributed by atoms with Crippen LogP contribution in [0.2, 0.25) is 0 Å². The Labute approximate surface area is 95.2 Å². The van der Waals surface area contributed by atoms with Crippen molar-refractivity contribution in [3.8, 4) is 11.8 Å². The van der Waals surface area contributed by atoms with Gasteiger partial charge in [-0.2, -0.15) is 0 Å². The lowest BCUT2D eigenvalue weighted by Crippen LogP contribution is -2.02. The molecule has 0 fully saturated rings. The molecule has 0 aliphatic heterocycles. The molecular weight excluding hydrogens is 263 g/mol. The molecule has 0 spiro atoms. The highest BCUT2D eigenvalue weighted by Crippen LogP contribution is 2.11. The third-order valence-electron chi connectivity index (χ3n) is 1.70. The maximum atomic E-state index is 12.9. The molecule has 0 saturated heterocycles. The second-order valence-electron chi connectivity index (χ2n) is 2.81.